The number of nitrogens with one attached hydrogen (secondary N) is 1. The van der Waals surface area contributed by atoms with Gasteiger partial charge < -0.3 is 5.32 Å². The Morgan fingerprint density at radius 1 is 1.27 bits per heavy atom. The third kappa shape index (κ3) is 7.09. The minimum Gasteiger partial charge on any atom is -0.308 e. The number of rotatable bonds is 9. The van der Waals surface area contributed by atoms with Crippen molar-refractivity contribution in [3.63, 3.8) is 0 Å². The Balaban J connectivity index is 2.58. The Morgan fingerprint density at radius 3 is 2.68 bits per heavy atom. The van der Waals surface area contributed by atoms with Crippen LogP contribution in [0.4, 0.5) is 10.5 Å². The van der Waals surface area contributed by atoms with E-state index in [1.54, 1.807) is 23.1 Å². The van der Waals surface area contributed by atoms with Crippen molar-refractivity contribution in [1.29, 1.82) is 0 Å². The maximum absolute atomic E-state index is 12.3. The van der Waals surface area contributed by atoms with E-state index in [9.17, 15) is 4.79 Å². The molecule has 0 saturated heterocycles. The first kappa shape index (κ1) is 19.4. The second-order valence-corrected chi connectivity index (χ2v) is 6.18. The number of carbonyl (C=O) groups excluding carboxylic acids is 1. The first-order chi connectivity index (χ1) is 10.6. The van der Waals surface area contributed by atoms with Gasteiger partial charge in [-0.05, 0) is 36.7 Å². The summed E-state index contributed by atoms with van der Waals surface area (Å²) in [6.07, 6.45) is 6.22. The van der Waals surface area contributed by atoms with E-state index in [1.807, 2.05) is 6.26 Å². The van der Waals surface area contributed by atoms with Gasteiger partial charge in [0.05, 0.1) is 10.0 Å². The van der Waals surface area contributed by atoms with Crippen LogP contribution in [0.25, 0.3) is 0 Å². The Kier molecular flexibility index (Phi) is 9.71. The normalized spacial score (nSPS) is 10.5. The summed E-state index contributed by atoms with van der Waals surface area (Å²) in [6.45, 7) is 3.07. The van der Waals surface area contributed by atoms with E-state index >= 15 is 0 Å². The van der Waals surface area contributed by atoms with Crippen LogP contribution >= 0.6 is 35.2 Å². The third-order valence-electron chi connectivity index (χ3n) is 3.07. The van der Waals surface area contributed by atoms with Gasteiger partial charge >= 0.3 is 6.03 Å². The SMILES string of the molecule is CCCCCCN(COSC)C(=O)Nc1ccc(Cl)c(Cl)c1. The molecule has 0 spiro atoms. The number of anilines is 1. The van der Waals surface area contributed by atoms with Crippen LogP contribution in [0.15, 0.2) is 18.2 Å². The molecule has 22 heavy (non-hydrogen) atoms. The average Bonchev–Trinajstić information content (AvgIpc) is 2.50. The van der Waals surface area contributed by atoms with Crippen LogP contribution in [0.2, 0.25) is 10.0 Å². The van der Waals surface area contributed by atoms with Crippen LogP contribution in [0.5, 0.6) is 0 Å². The lowest BCUT2D eigenvalue weighted by molar-refractivity contribution is 0.158. The van der Waals surface area contributed by atoms with Crippen molar-refractivity contribution in [1.82, 2.24) is 4.90 Å². The van der Waals surface area contributed by atoms with Gasteiger partial charge in [0.2, 0.25) is 0 Å². The summed E-state index contributed by atoms with van der Waals surface area (Å²) in [5, 5.41) is 3.69. The number of carbonyl (C=O) groups is 1. The van der Waals surface area contributed by atoms with Crippen molar-refractivity contribution in [2.24, 2.45) is 0 Å². The summed E-state index contributed by atoms with van der Waals surface area (Å²) >= 11 is 13.1. The molecule has 0 saturated carbocycles. The van der Waals surface area contributed by atoms with Crippen LogP contribution in [-0.4, -0.2) is 30.5 Å². The maximum atomic E-state index is 12.3. The molecule has 0 bridgehead atoms. The molecule has 0 unspecified atom stereocenters. The number of urea groups is 1. The highest BCUT2D eigenvalue weighted by Crippen LogP contribution is 2.25. The minimum atomic E-state index is -0.205. The topological polar surface area (TPSA) is 41.6 Å². The molecule has 2 amide bonds. The molecule has 7 heteroatoms. The van der Waals surface area contributed by atoms with Gasteiger partial charge in [-0.25, -0.2) is 4.79 Å². The summed E-state index contributed by atoms with van der Waals surface area (Å²) in [5.41, 5.74) is 0.613. The summed E-state index contributed by atoms with van der Waals surface area (Å²) in [6, 6.07) is 4.80. The zero-order chi connectivity index (χ0) is 16.4. The van der Waals surface area contributed by atoms with E-state index in [2.05, 4.69) is 12.2 Å². The molecule has 124 valence electrons. The van der Waals surface area contributed by atoms with Crippen molar-refractivity contribution >= 4 is 47.0 Å². The number of halogens is 2. The molecule has 0 aliphatic carbocycles. The second kappa shape index (κ2) is 11.0. The fourth-order valence-electron chi connectivity index (χ4n) is 1.85. The number of nitrogens with zero attached hydrogens (tertiary/aromatic N) is 1. The monoisotopic (exact) mass is 364 g/mol. The molecule has 0 aliphatic rings. The standard InChI is InChI=1S/C15H22Cl2N2O2S/c1-3-4-5-6-9-19(11-21-22-2)15(20)18-12-7-8-13(16)14(17)10-12/h7-8,10H,3-6,9,11H2,1-2H3,(H,18,20). The van der Waals surface area contributed by atoms with Crippen molar-refractivity contribution in [3.05, 3.63) is 28.2 Å². The smallest absolute Gasteiger partial charge is 0.308 e. The minimum absolute atomic E-state index is 0.205. The molecule has 0 aromatic heterocycles. The van der Waals surface area contributed by atoms with Crippen LogP contribution in [0.3, 0.4) is 0 Å². The highest BCUT2D eigenvalue weighted by Gasteiger charge is 2.14. The van der Waals surface area contributed by atoms with Gasteiger partial charge in [-0.3, -0.25) is 9.08 Å². The molecule has 0 atom stereocenters. The van der Waals surface area contributed by atoms with Gasteiger partial charge in [-0.1, -0.05) is 49.4 Å². The number of unbranched alkanes of at least 4 members (excludes halogenated alkanes) is 3. The lowest BCUT2D eigenvalue weighted by Crippen LogP contribution is -2.36. The van der Waals surface area contributed by atoms with Crippen molar-refractivity contribution < 1.29 is 8.98 Å². The van der Waals surface area contributed by atoms with E-state index < -0.39 is 0 Å². The van der Waals surface area contributed by atoms with Gasteiger partial charge in [0.15, 0.2) is 0 Å². The average molecular weight is 365 g/mol. The van der Waals surface area contributed by atoms with Crippen molar-refractivity contribution in [2.45, 2.75) is 32.6 Å². The van der Waals surface area contributed by atoms with E-state index in [4.69, 9.17) is 27.4 Å². The summed E-state index contributed by atoms with van der Waals surface area (Å²) in [4.78, 5) is 14.0. The van der Waals surface area contributed by atoms with E-state index in [-0.39, 0.29) is 12.8 Å². The van der Waals surface area contributed by atoms with Crippen molar-refractivity contribution in [2.75, 3.05) is 24.8 Å². The van der Waals surface area contributed by atoms with Gasteiger partial charge in [-0.15, -0.1) is 0 Å². The fraction of sp³-hybridized carbons (Fsp3) is 0.533. The molecule has 0 heterocycles. The van der Waals surface area contributed by atoms with Crippen LogP contribution in [0.1, 0.15) is 32.6 Å². The van der Waals surface area contributed by atoms with Crippen LogP contribution in [0, 0.1) is 0 Å². The maximum Gasteiger partial charge on any atom is 0.323 e. The molecule has 0 aliphatic heterocycles. The van der Waals surface area contributed by atoms with E-state index in [0.29, 0.717) is 22.3 Å². The van der Waals surface area contributed by atoms with Crippen molar-refractivity contribution in [3.8, 4) is 0 Å². The Morgan fingerprint density at radius 2 is 2.05 bits per heavy atom. The molecule has 1 rings (SSSR count). The predicted molar refractivity (Wildman–Crippen MR) is 95.8 cm³/mol. The number of hydrogen-bond donors (Lipinski definition) is 1. The third-order valence-corrected chi connectivity index (χ3v) is 4.15. The van der Waals surface area contributed by atoms with Crippen LogP contribution < -0.4 is 5.32 Å². The quantitative estimate of drug-likeness (QED) is 0.349. The Labute approximate surface area is 146 Å². The predicted octanol–water partition coefficient (Wildman–Crippen LogP) is 5.66. The first-order valence-electron chi connectivity index (χ1n) is 7.25. The molecule has 1 aromatic carbocycles. The number of hydrogen-bond acceptors (Lipinski definition) is 3. The summed E-state index contributed by atoms with van der Waals surface area (Å²) < 4.78 is 5.29. The zero-order valence-corrected chi connectivity index (χ0v) is 15.2. The largest absolute Gasteiger partial charge is 0.323 e. The lowest BCUT2D eigenvalue weighted by atomic mass is 10.2. The van der Waals surface area contributed by atoms with Gasteiger partial charge in [0.1, 0.15) is 6.73 Å². The molecular weight excluding hydrogens is 343 g/mol. The highest BCUT2D eigenvalue weighted by molar-refractivity contribution is 7.93. The zero-order valence-electron chi connectivity index (χ0n) is 12.9. The summed E-state index contributed by atoms with van der Waals surface area (Å²) in [7, 11) is 0. The van der Waals surface area contributed by atoms with E-state index in [0.717, 1.165) is 19.3 Å². The molecule has 0 fully saturated rings. The summed E-state index contributed by atoms with van der Waals surface area (Å²) in [5.74, 6) is 0. The second-order valence-electron chi connectivity index (χ2n) is 4.80. The number of benzene rings is 1. The molecule has 0 radical (unpaired) electrons. The number of amides is 2. The molecule has 1 N–H and O–H groups in total. The molecule has 4 nitrogen and oxygen atoms in total. The first-order valence-corrected chi connectivity index (χ1v) is 9.15. The molecule has 1 aromatic rings. The van der Waals surface area contributed by atoms with Gasteiger partial charge in [0.25, 0.3) is 0 Å². The van der Waals surface area contributed by atoms with Crippen LogP contribution in [-0.2, 0) is 4.18 Å². The Hall–Kier alpha value is -0.620. The van der Waals surface area contributed by atoms with Gasteiger partial charge in [0, 0.05) is 18.5 Å². The Bertz CT molecular complexity index is 475. The van der Waals surface area contributed by atoms with E-state index in [1.165, 1.54) is 18.5 Å². The fourth-order valence-corrected chi connectivity index (χ4v) is 2.38. The highest BCUT2D eigenvalue weighted by atomic mass is 35.5. The van der Waals surface area contributed by atoms with Gasteiger partial charge in [-0.2, -0.15) is 0 Å². The lowest BCUT2D eigenvalue weighted by Gasteiger charge is -2.22. The molecular formula is C15H22Cl2N2O2S.